The summed E-state index contributed by atoms with van der Waals surface area (Å²) in [4.78, 5) is 8.47. The normalized spacial score (nSPS) is 15.7. The smallest absolute Gasteiger partial charge is 0.167 e. The second kappa shape index (κ2) is 15.8. The Morgan fingerprint density at radius 1 is 0.783 bits per heavy atom. The van der Waals surface area contributed by atoms with Crippen LogP contribution in [0.2, 0.25) is 0 Å². The lowest BCUT2D eigenvalue weighted by Crippen LogP contribution is -2.11. The molecule has 1 aliphatic carbocycles. The van der Waals surface area contributed by atoms with Gasteiger partial charge in [-0.1, -0.05) is 12.8 Å². The van der Waals surface area contributed by atoms with Crippen LogP contribution in [0.3, 0.4) is 0 Å². The van der Waals surface area contributed by atoms with E-state index in [0.29, 0.717) is 25.4 Å². The van der Waals surface area contributed by atoms with Crippen molar-refractivity contribution in [1.29, 1.82) is 0 Å². The monoisotopic (exact) mass is 346 g/mol. The molecule has 1 aliphatic rings. The van der Waals surface area contributed by atoms with Crippen molar-refractivity contribution in [2.24, 2.45) is 5.92 Å². The fourth-order valence-corrected chi connectivity index (χ4v) is 1.72. The molecule has 0 bridgehead atoms. The van der Waals surface area contributed by atoms with E-state index in [1.807, 2.05) is 0 Å². The fraction of sp³-hybridized carbons (Fsp3) is 0.800. The molecule has 0 atom stereocenters. The summed E-state index contributed by atoms with van der Waals surface area (Å²) in [5.41, 5.74) is 0. The molecule has 136 valence electrons. The van der Waals surface area contributed by atoms with E-state index in [4.69, 9.17) is 9.84 Å². The van der Waals surface area contributed by atoms with Crippen LogP contribution in [0, 0.1) is 5.92 Å². The molecular weight excluding hydrogens is 328 g/mol. The zero-order chi connectivity index (χ0) is 16.4. The van der Waals surface area contributed by atoms with Gasteiger partial charge in [0.15, 0.2) is 6.26 Å². The van der Waals surface area contributed by atoms with E-state index in [-0.39, 0.29) is 6.61 Å². The van der Waals surface area contributed by atoms with Gasteiger partial charge < -0.3 is 14.7 Å². The molecule has 1 fully saturated rings. The zero-order valence-corrected chi connectivity index (χ0v) is 12.0. The highest BCUT2D eigenvalue weighted by atomic mass is 17.9. The lowest BCUT2D eigenvalue weighted by molar-refractivity contribution is -0.853. The topological polar surface area (TPSA) is 131 Å². The maximum atomic E-state index is 8.10. The van der Waals surface area contributed by atoms with Crippen LogP contribution in [0.1, 0.15) is 25.7 Å². The van der Waals surface area contributed by atoms with E-state index >= 15 is 0 Å². The lowest BCUT2D eigenvalue weighted by atomic mass is 10.1. The first-order chi connectivity index (χ1) is 11.4. The predicted molar refractivity (Wildman–Crippen MR) is 61.3 cm³/mol. The molecule has 0 amide bonds. The zero-order valence-electron chi connectivity index (χ0n) is 12.0. The highest BCUT2D eigenvalue weighted by Gasteiger charge is 2.14. The van der Waals surface area contributed by atoms with Crippen molar-refractivity contribution in [3.8, 4) is 0 Å². The number of hydrogen-bond donors (Lipinski definition) is 1. The van der Waals surface area contributed by atoms with Crippen LogP contribution in [0.5, 0.6) is 0 Å². The van der Waals surface area contributed by atoms with Crippen LogP contribution in [-0.4, -0.2) is 24.9 Å². The molecule has 13 nitrogen and oxygen atoms in total. The first-order valence-electron chi connectivity index (χ1n) is 6.58. The van der Waals surface area contributed by atoms with E-state index in [0.717, 1.165) is 6.26 Å². The van der Waals surface area contributed by atoms with Gasteiger partial charge in [-0.2, -0.15) is 0 Å². The Morgan fingerprint density at radius 2 is 1.39 bits per heavy atom. The van der Waals surface area contributed by atoms with Crippen LogP contribution in [0.25, 0.3) is 0 Å². The minimum absolute atomic E-state index is 0.129. The van der Waals surface area contributed by atoms with Gasteiger partial charge in [0.2, 0.25) is 0 Å². The highest BCUT2D eigenvalue weighted by Crippen LogP contribution is 2.24. The molecular formula is C10H18O13. The van der Waals surface area contributed by atoms with E-state index in [1.165, 1.54) is 25.7 Å². The lowest BCUT2D eigenvalue weighted by Gasteiger charge is -2.08. The fourth-order valence-electron chi connectivity index (χ4n) is 1.72. The van der Waals surface area contributed by atoms with Gasteiger partial charge in [0.25, 0.3) is 0 Å². The van der Waals surface area contributed by atoms with Gasteiger partial charge in [-0.3, -0.25) is 0 Å². The van der Waals surface area contributed by atoms with Gasteiger partial charge in [0.1, 0.15) is 12.9 Å². The van der Waals surface area contributed by atoms with E-state index in [2.05, 4.69) is 55.1 Å². The summed E-state index contributed by atoms with van der Waals surface area (Å²) in [5, 5.41) is 42.0. The van der Waals surface area contributed by atoms with E-state index in [1.54, 1.807) is 0 Å². The summed E-state index contributed by atoms with van der Waals surface area (Å²) in [6, 6.07) is 0. The summed E-state index contributed by atoms with van der Waals surface area (Å²) in [6.45, 7) is 1.19. The molecule has 0 spiro atoms. The molecule has 0 aromatic heterocycles. The van der Waals surface area contributed by atoms with Gasteiger partial charge in [-0.15, -0.1) is 0 Å². The Bertz CT molecular complexity index is 269. The number of rotatable bonds is 16. The van der Waals surface area contributed by atoms with Crippen molar-refractivity contribution in [1.82, 2.24) is 0 Å². The maximum absolute atomic E-state index is 8.10. The van der Waals surface area contributed by atoms with Crippen LogP contribution in [-0.2, 0) is 59.9 Å². The predicted octanol–water partition coefficient (Wildman–Crippen LogP) is 1.55. The average Bonchev–Trinajstić information content (AvgIpc) is 3.08. The number of ether oxygens (including phenoxy) is 1. The summed E-state index contributed by atoms with van der Waals surface area (Å²) in [7, 11) is 0. The molecule has 0 saturated heterocycles. The Morgan fingerprint density at radius 3 is 2.04 bits per heavy atom. The quantitative estimate of drug-likeness (QED) is 0.188. The summed E-state index contributed by atoms with van der Waals surface area (Å²) in [6.07, 6.45) is 6.20. The van der Waals surface area contributed by atoms with Crippen molar-refractivity contribution in [2.75, 3.05) is 19.8 Å². The largest absolute Gasteiger partial charge is 0.512 e. The second-order valence-electron chi connectivity index (χ2n) is 4.04. The molecule has 13 heteroatoms. The summed E-state index contributed by atoms with van der Waals surface area (Å²) in [5.74, 6) is 0.635. The molecule has 1 rings (SSSR count). The van der Waals surface area contributed by atoms with Gasteiger partial charge in [-0.25, -0.2) is 4.89 Å². The number of hydrogen-bond acceptors (Lipinski definition) is 13. The third-order valence-corrected chi connectivity index (χ3v) is 2.57. The molecule has 1 N–H and O–H groups in total. The molecule has 0 aromatic carbocycles. The summed E-state index contributed by atoms with van der Waals surface area (Å²) < 4.78 is 5.38. The molecule has 1 saturated carbocycles. The van der Waals surface area contributed by atoms with Crippen LogP contribution < -0.4 is 0 Å². The average molecular weight is 346 g/mol. The van der Waals surface area contributed by atoms with Gasteiger partial charge >= 0.3 is 0 Å². The second-order valence-corrected chi connectivity index (χ2v) is 4.04. The first-order valence-corrected chi connectivity index (χ1v) is 6.58. The minimum atomic E-state index is 0.129. The van der Waals surface area contributed by atoms with Gasteiger partial charge in [-0.05, 0) is 38.9 Å². The van der Waals surface area contributed by atoms with Crippen LogP contribution >= 0.6 is 0 Å². The summed E-state index contributed by atoms with van der Waals surface area (Å²) >= 11 is 0. The molecule has 0 heterocycles. The van der Waals surface area contributed by atoms with Gasteiger partial charge in [0, 0.05) is 31.8 Å². The van der Waals surface area contributed by atoms with E-state index in [9.17, 15) is 0 Å². The Balaban J connectivity index is 1.65. The molecule has 0 radical (unpaired) electrons. The Hall–Kier alpha value is -1.10. The number of aliphatic hydroxyl groups excluding tert-OH is 1. The molecule has 0 aromatic rings. The van der Waals surface area contributed by atoms with Gasteiger partial charge in [0.05, 0.1) is 6.61 Å². The van der Waals surface area contributed by atoms with Crippen molar-refractivity contribution in [2.45, 2.75) is 25.7 Å². The molecule has 0 unspecified atom stereocenters. The molecule has 0 aliphatic heterocycles. The molecule has 23 heavy (non-hydrogen) atoms. The Kier molecular flexibility index (Phi) is 13.7. The van der Waals surface area contributed by atoms with Crippen LogP contribution in [0.4, 0.5) is 0 Å². The van der Waals surface area contributed by atoms with Crippen molar-refractivity contribution in [3.63, 3.8) is 0 Å². The highest BCUT2D eigenvalue weighted by molar-refractivity contribution is 4.65. The van der Waals surface area contributed by atoms with E-state index < -0.39 is 0 Å². The Labute approximate surface area is 130 Å². The maximum Gasteiger partial charge on any atom is 0.167 e. The third-order valence-electron chi connectivity index (χ3n) is 2.57. The van der Waals surface area contributed by atoms with Crippen molar-refractivity contribution in [3.05, 3.63) is 12.5 Å². The number of aliphatic hydroxyl groups is 1. The minimum Gasteiger partial charge on any atom is -0.512 e. The van der Waals surface area contributed by atoms with Crippen molar-refractivity contribution < 1.29 is 65.0 Å². The SMILES string of the molecule is O/C=C\OOOOOOOOOOOCCOCC1CCCC1. The standard InChI is InChI=1S/C10H18O13/c11-5-6-13-15-17-19-21-23-22-20-18-16-14-8-7-12-9-10-3-1-2-4-10/h5-6,10-11H,1-4,7-9H2/b6-5-. The van der Waals surface area contributed by atoms with Crippen LogP contribution in [0.15, 0.2) is 12.5 Å². The van der Waals surface area contributed by atoms with Crippen molar-refractivity contribution >= 4 is 0 Å². The third kappa shape index (κ3) is 13.1. The first kappa shape index (κ1) is 19.9.